The molecular formula is C17H17N3O. The maximum Gasteiger partial charge on any atom is 0.137 e. The molecule has 0 aliphatic heterocycles. The summed E-state index contributed by atoms with van der Waals surface area (Å²) in [5.74, 6) is 0.834. The van der Waals surface area contributed by atoms with Crippen molar-refractivity contribution in [2.24, 2.45) is 0 Å². The number of hydrogen-bond acceptors (Lipinski definition) is 4. The standard InChI is InChI=1S/C17H17N3O/c1-12(21)14-8-6-13(7-9-14)10-18-17-15-4-2-3-5-16(15)19-11-20-17/h2-9,11-12,21H,10H2,1H3,(H,18,19,20)/t12-/m0/s1. The Morgan fingerprint density at radius 1 is 1.05 bits per heavy atom. The summed E-state index contributed by atoms with van der Waals surface area (Å²) in [5.41, 5.74) is 2.99. The lowest BCUT2D eigenvalue weighted by Crippen LogP contribution is -2.03. The minimum absolute atomic E-state index is 0.433. The van der Waals surface area contributed by atoms with Gasteiger partial charge in [-0.1, -0.05) is 36.4 Å². The second-order valence-corrected chi connectivity index (χ2v) is 5.01. The summed E-state index contributed by atoms with van der Waals surface area (Å²) >= 11 is 0. The third-order valence-corrected chi connectivity index (χ3v) is 3.46. The van der Waals surface area contributed by atoms with E-state index in [9.17, 15) is 5.11 Å². The second-order valence-electron chi connectivity index (χ2n) is 5.01. The fourth-order valence-corrected chi connectivity index (χ4v) is 2.25. The first-order valence-electron chi connectivity index (χ1n) is 6.94. The Bertz CT molecular complexity index is 733. The normalized spacial score (nSPS) is 12.3. The van der Waals surface area contributed by atoms with Crippen LogP contribution in [0.4, 0.5) is 5.82 Å². The van der Waals surface area contributed by atoms with Crippen molar-refractivity contribution in [3.05, 3.63) is 66.0 Å². The van der Waals surface area contributed by atoms with E-state index in [1.165, 1.54) is 0 Å². The van der Waals surface area contributed by atoms with Crippen LogP contribution in [0.25, 0.3) is 10.9 Å². The van der Waals surface area contributed by atoms with Gasteiger partial charge >= 0.3 is 0 Å². The predicted octanol–water partition coefficient (Wildman–Crippen LogP) is 3.30. The van der Waals surface area contributed by atoms with Crippen LogP contribution < -0.4 is 5.32 Å². The van der Waals surface area contributed by atoms with Crippen LogP contribution >= 0.6 is 0 Å². The molecule has 21 heavy (non-hydrogen) atoms. The zero-order valence-corrected chi connectivity index (χ0v) is 11.8. The average Bonchev–Trinajstić information content (AvgIpc) is 2.53. The van der Waals surface area contributed by atoms with Gasteiger partial charge in [-0.05, 0) is 30.2 Å². The smallest absolute Gasteiger partial charge is 0.137 e. The monoisotopic (exact) mass is 279 g/mol. The van der Waals surface area contributed by atoms with E-state index < -0.39 is 6.10 Å². The summed E-state index contributed by atoms with van der Waals surface area (Å²) in [7, 11) is 0. The maximum atomic E-state index is 9.51. The molecule has 0 saturated heterocycles. The second kappa shape index (κ2) is 5.89. The van der Waals surface area contributed by atoms with E-state index in [0.29, 0.717) is 6.54 Å². The first-order chi connectivity index (χ1) is 10.2. The summed E-state index contributed by atoms with van der Waals surface area (Å²) in [4.78, 5) is 8.55. The lowest BCUT2D eigenvalue weighted by atomic mass is 10.1. The van der Waals surface area contributed by atoms with Gasteiger partial charge in [-0.15, -0.1) is 0 Å². The number of aliphatic hydroxyl groups is 1. The van der Waals surface area contributed by atoms with Crippen molar-refractivity contribution >= 4 is 16.7 Å². The molecule has 0 spiro atoms. The van der Waals surface area contributed by atoms with Crippen LogP contribution in [0.15, 0.2) is 54.9 Å². The molecule has 0 aliphatic rings. The lowest BCUT2D eigenvalue weighted by molar-refractivity contribution is 0.199. The van der Waals surface area contributed by atoms with Crippen molar-refractivity contribution < 1.29 is 5.11 Å². The fraction of sp³-hybridized carbons (Fsp3) is 0.176. The highest BCUT2D eigenvalue weighted by Gasteiger charge is 2.03. The van der Waals surface area contributed by atoms with Gasteiger partial charge in [0.05, 0.1) is 11.6 Å². The molecule has 1 aromatic heterocycles. The number of benzene rings is 2. The van der Waals surface area contributed by atoms with Crippen molar-refractivity contribution in [2.45, 2.75) is 19.6 Å². The molecule has 0 fully saturated rings. The zero-order chi connectivity index (χ0) is 14.7. The van der Waals surface area contributed by atoms with E-state index in [2.05, 4.69) is 15.3 Å². The van der Waals surface area contributed by atoms with E-state index in [1.807, 2.05) is 48.5 Å². The van der Waals surface area contributed by atoms with E-state index >= 15 is 0 Å². The average molecular weight is 279 g/mol. The topological polar surface area (TPSA) is 58.0 Å². The molecule has 106 valence electrons. The number of hydrogen-bond donors (Lipinski definition) is 2. The van der Waals surface area contributed by atoms with Crippen molar-refractivity contribution in [3.8, 4) is 0 Å². The van der Waals surface area contributed by atoms with E-state index in [1.54, 1.807) is 13.3 Å². The van der Waals surface area contributed by atoms with Crippen molar-refractivity contribution in [1.29, 1.82) is 0 Å². The third kappa shape index (κ3) is 3.01. The molecule has 0 bridgehead atoms. The molecule has 3 rings (SSSR count). The van der Waals surface area contributed by atoms with Crippen molar-refractivity contribution in [1.82, 2.24) is 9.97 Å². The molecule has 1 atom stereocenters. The highest BCUT2D eigenvalue weighted by Crippen LogP contribution is 2.19. The Morgan fingerprint density at radius 3 is 2.57 bits per heavy atom. The fourth-order valence-electron chi connectivity index (χ4n) is 2.25. The van der Waals surface area contributed by atoms with Crippen LogP contribution in [0.5, 0.6) is 0 Å². The Labute approximate surface area is 123 Å². The molecule has 0 amide bonds. The molecule has 0 aliphatic carbocycles. The molecule has 2 aromatic carbocycles. The summed E-state index contributed by atoms with van der Waals surface area (Å²) in [6.07, 6.45) is 1.14. The van der Waals surface area contributed by atoms with Gasteiger partial charge in [-0.3, -0.25) is 0 Å². The van der Waals surface area contributed by atoms with E-state index in [4.69, 9.17) is 0 Å². The molecule has 2 N–H and O–H groups in total. The molecule has 3 aromatic rings. The summed E-state index contributed by atoms with van der Waals surface area (Å²) in [5, 5.41) is 13.9. The SMILES string of the molecule is C[C@H](O)c1ccc(CNc2ncnc3ccccc23)cc1. The Hall–Kier alpha value is -2.46. The molecule has 4 heteroatoms. The van der Waals surface area contributed by atoms with Crippen LogP contribution in [0, 0.1) is 0 Å². The molecule has 4 nitrogen and oxygen atoms in total. The van der Waals surface area contributed by atoms with Gasteiger partial charge in [-0.2, -0.15) is 0 Å². The van der Waals surface area contributed by atoms with E-state index in [0.717, 1.165) is 27.8 Å². The number of para-hydroxylation sites is 1. The van der Waals surface area contributed by atoms with Crippen LogP contribution in [0.3, 0.4) is 0 Å². The Kier molecular flexibility index (Phi) is 3.79. The predicted molar refractivity (Wildman–Crippen MR) is 83.9 cm³/mol. The number of aliphatic hydroxyl groups excluding tert-OH is 1. The summed E-state index contributed by atoms with van der Waals surface area (Å²) in [6.45, 7) is 2.45. The number of nitrogens with one attached hydrogen (secondary N) is 1. The highest BCUT2D eigenvalue weighted by molar-refractivity contribution is 5.88. The molecule has 0 saturated carbocycles. The van der Waals surface area contributed by atoms with Crippen LogP contribution in [-0.4, -0.2) is 15.1 Å². The van der Waals surface area contributed by atoms with Gasteiger partial charge < -0.3 is 10.4 Å². The minimum Gasteiger partial charge on any atom is -0.389 e. The minimum atomic E-state index is -0.433. The number of anilines is 1. The Balaban J connectivity index is 1.77. The third-order valence-electron chi connectivity index (χ3n) is 3.46. The maximum absolute atomic E-state index is 9.51. The summed E-state index contributed by atoms with van der Waals surface area (Å²) in [6, 6.07) is 15.8. The van der Waals surface area contributed by atoms with Crippen LogP contribution in [0.1, 0.15) is 24.2 Å². The molecular weight excluding hydrogens is 262 g/mol. The van der Waals surface area contributed by atoms with Gasteiger partial charge in [-0.25, -0.2) is 9.97 Å². The first kappa shape index (κ1) is 13.5. The van der Waals surface area contributed by atoms with Crippen LogP contribution in [-0.2, 0) is 6.54 Å². The van der Waals surface area contributed by atoms with Gasteiger partial charge in [0, 0.05) is 11.9 Å². The number of aromatic nitrogens is 2. The highest BCUT2D eigenvalue weighted by atomic mass is 16.3. The van der Waals surface area contributed by atoms with Crippen LogP contribution in [0.2, 0.25) is 0 Å². The van der Waals surface area contributed by atoms with Gasteiger partial charge in [0.1, 0.15) is 12.1 Å². The number of rotatable bonds is 4. The largest absolute Gasteiger partial charge is 0.389 e. The molecule has 0 unspecified atom stereocenters. The Morgan fingerprint density at radius 2 is 1.81 bits per heavy atom. The van der Waals surface area contributed by atoms with E-state index in [-0.39, 0.29) is 0 Å². The van der Waals surface area contributed by atoms with Gasteiger partial charge in [0.2, 0.25) is 0 Å². The van der Waals surface area contributed by atoms with Gasteiger partial charge in [0.25, 0.3) is 0 Å². The number of nitrogens with zero attached hydrogens (tertiary/aromatic N) is 2. The number of fused-ring (bicyclic) bond motifs is 1. The lowest BCUT2D eigenvalue weighted by Gasteiger charge is -2.09. The quantitative estimate of drug-likeness (QED) is 0.769. The van der Waals surface area contributed by atoms with Gasteiger partial charge in [0.15, 0.2) is 0 Å². The summed E-state index contributed by atoms with van der Waals surface area (Å²) < 4.78 is 0. The van der Waals surface area contributed by atoms with Crippen molar-refractivity contribution in [2.75, 3.05) is 5.32 Å². The molecule has 1 heterocycles. The molecule has 0 radical (unpaired) electrons. The van der Waals surface area contributed by atoms with Crippen molar-refractivity contribution in [3.63, 3.8) is 0 Å². The zero-order valence-electron chi connectivity index (χ0n) is 11.8. The first-order valence-corrected chi connectivity index (χ1v) is 6.94.